The number of carbonyl (C=O) groups excluding carboxylic acids is 1. The number of hydrogen-bond donors (Lipinski definition) is 2. The maximum absolute atomic E-state index is 12.9. The Balaban J connectivity index is 1.77. The number of nitrogens with one attached hydrogen (secondary N) is 2. The maximum Gasteiger partial charge on any atom is 0.258 e. The van der Waals surface area contributed by atoms with Crippen LogP contribution in [0.2, 0.25) is 5.02 Å². The molecule has 1 aliphatic heterocycles. The van der Waals surface area contributed by atoms with Crippen molar-refractivity contribution < 1.29 is 13.9 Å². The van der Waals surface area contributed by atoms with Crippen molar-refractivity contribution in [2.24, 2.45) is 0 Å². The molecule has 2 N–H and O–H groups in total. The Kier molecular flexibility index (Phi) is 4.99. The minimum absolute atomic E-state index is 0.0191. The van der Waals surface area contributed by atoms with Gasteiger partial charge in [0, 0.05) is 18.7 Å². The lowest BCUT2D eigenvalue weighted by Crippen LogP contribution is -2.46. The SMILES string of the molecule is O=C(COc1ccc(F)c(Cl)c1)N[C@H]1CCCNC1. The molecule has 0 unspecified atom stereocenters. The minimum Gasteiger partial charge on any atom is -0.484 e. The van der Waals surface area contributed by atoms with Crippen molar-refractivity contribution in [3.8, 4) is 5.75 Å². The van der Waals surface area contributed by atoms with Crippen LogP contribution in [0.25, 0.3) is 0 Å². The molecule has 0 spiro atoms. The summed E-state index contributed by atoms with van der Waals surface area (Å²) in [5, 5.41) is 6.08. The van der Waals surface area contributed by atoms with E-state index in [2.05, 4.69) is 10.6 Å². The van der Waals surface area contributed by atoms with Gasteiger partial charge in [0.15, 0.2) is 6.61 Å². The summed E-state index contributed by atoms with van der Waals surface area (Å²) in [5.74, 6) is -0.316. The lowest BCUT2D eigenvalue weighted by molar-refractivity contribution is -0.123. The van der Waals surface area contributed by atoms with Crippen LogP contribution in [0.3, 0.4) is 0 Å². The molecule has 1 aromatic rings. The Bertz CT molecular complexity index is 450. The van der Waals surface area contributed by atoms with Gasteiger partial charge in [0.05, 0.1) is 5.02 Å². The van der Waals surface area contributed by atoms with Gasteiger partial charge in [-0.3, -0.25) is 4.79 Å². The highest BCUT2D eigenvalue weighted by atomic mass is 35.5. The van der Waals surface area contributed by atoms with E-state index in [4.69, 9.17) is 16.3 Å². The molecule has 1 saturated heterocycles. The largest absolute Gasteiger partial charge is 0.484 e. The highest BCUT2D eigenvalue weighted by Crippen LogP contribution is 2.20. The van der Waals surface area contributed by atoms with E-state index in [0.717, 1.165) is 25.9 Å². The molecule has 1 amide bonds. The normalized spacial score (nSPS) is 18.9. The molecule has 1 aliphatic rings. The third kappa shape index (κ3) is 4.36. The van der Waals surface area contributed by atoms with Crippen LogP contribution in [0.15, 0.2) is 18.2 Å². The number of ether oxygens (including phenoxy) is 1. The number of rotatable bonds is 4. The van der Waals surface area contributed by atoms with Crippen molar-refractivity contribution in [3.05, 3.63) is 29.0 Å². The first-order chi connectivity index (χ1) is 9.15. The van der Waals surface area contributed by atoms with Gasteiger partial charge in [-0.25, -0.2) is 4.39 Å². The lowest BCUT2D eigenvalue weighted by Gasteiger charge is -2.23. The van der Waals surface area contributed by atoms with Crippen molar-refractivity contribution in [1.29, 1.82) is 0 Å². The summed E-state index contributed by atoms with van der Waals surface area (Å²) in [6, 6.07) is 4.16. The average molecular weight is 287 g/mol. The van der Waals surface area contributed by atoms with Gasteiger partial charge in [-0.1, -0.05) is 11.6 Å². The summed E-state index contributed by atoms with van der Waals surface area (Å²) in [7, 11) is 0. The number of amides is 1. The number of piperidine rings is 1. The number of carbonyl (C=O) groups is 1. The van der Waals surface area contributed by atoms with E-state index in [-0.39, 0.29) is 23.6 Å². The van der Waals surface area contributed by atoms with Crippen molar-refractivity contribution in [1.82, 2.24) is 10.6 Å². The van der Waals surface area contributed by atoms with Gasteiger partial charge in [-0.05, 0) is 31.5 Å². The summed E-state index contributed by atoms with van der Waals surface area (Å²) < 4.78 is 18.2. The summed E-state index contributed by atoms with van der Waals surface area (Å²) in [6.07, 6.45) is 2.03. The van der Waals surface area contributed by atoms with Gasteiger partial charge in [-0.15, -0.1) is 0 Å². The molecule has 104 valence electrons. The molecule has 0 aromatic heterocycles. The zero-order valence-corrected chi connectivity index (χ0v) is 11.2. The van der Waals surface area contributed by atoms with Crippen LogP contribution >= 0.6 is 11.6 Å². The highest BCUT2D eigenvalue weighted by molar-refractivity contribution is 6.30. The van der Waals surface area contributed by atoms with E-state index in [1.54, 1.807) is 0 Å². The summed E-state index contributed by atoms with van der Waals surface area (Å²) in [6.45, 7) is 1.68. The molecule has 19 heavy (non-hydrogen) atoms. The topological polar surface area (TPSA) is 50.4 Å². The Morgan fingerprint density at radius 1 is 1.58 bits per heavy atom. The van der Waals surface area contributed by atoms with Crippen LogP contribution in [-0.4, -0.2) is 31.6 Å². The van der Waals surface area contributed by atoms with E-state index in [1.165, 1.54) is 18.2 Å². The first-order valence-electron chi connectivity index (χ1n) is 6.23. The average Bonchev–Trinajstić information content (AvgIpc) is 2.41. The first-order valence-corrected chi connectivity index (χ1v) is 6.61. The van der Waals surface area contributed by atoms with Gasteiger partial charge in [0.2, 0.25) is 0 Å². The fraction of sp³-hybridized carbons (Fsp3) is 0.462. The molecule has 1 aromatic carbocycles. The van der Waals surface area contributed by atoms with E-state index < -0.39 is 5.82 Å². The molecule has 6 heteroatoms. The summed E-state index contributed by atoms with van der Waals surface area (Å²) >= 11 is 5.62. The van der Waals surface area contributed by atoms with Gasteiger partial charge >= 0.3 is 0 Å². The Morgan fingerprint density at radius 3 is 3.11 bits per heavy atom. The van der Waals surface area contributed by atoms with Crippen molar-refractivity contribution in [2.45, 2.75) is 18.9 Å². The van der Waals surface area contributed by atoms with Crippen LogP contribution in [0.4, 0.5) is 4.39 Å². The fourth-order valence-corrected chi connectivity index (χ4v) is 2.13. The first kappa shape index (κ1) is 14.1. The summed E-state index contributed by atoms with van der Waals surface area (Å²) in [5.41, 5.74) is 0. The predicted octanol–water partition coefficient (Wildman–Crippen LogP) is 1.73. The third-order valence-corrected chi connectivity index (χ3v) is 3.21. The third-order valence-electron chi connectivity index (χ3n) is 2.92. The maximum atomic E-state index is 12.9. The van der Waals surface area contributed by atoms with Gasteiger partial charge in [0.25, 0.3) is 5.91 Å². The second kappa shape index (κ2) is 6.73. The Morgan fingerprint density at radius 2 is 2.42 bits per heavy atom. The van der Waals surface area contributed by atoms with E-state index >= 15 is 0 Å². The van der Waals surface area contributed by atoms with Crippen LogP contribution in [-0.2, 0) is 4.79 Å². The second-order valence-electron chi connectivity index (χ2n) is 4.48. The molecule has 1 fully saturated rings. The Hall–Kier alpha value is -1.33. The standard InChI is InChI=1S/C13H16ClFN2O2/c14-11-6-10(3-4-12(11)15)19-8-13(18)17-9-2-1-5-16-7-9/h3-4,6,9,16H,1-2,5,7-8H2,(H,17,18)/t9-/m0/s1. The molecule has 4 nitrogen and oxygen atoms in total. The number of halogens is 2. The van der Waals surface area contributed by atoms with E-state index in [1.807, 2.05) is 0 Å². The minimum atomic E-state index is -0.508. The van der Waals surface area contributed by atoms with Crippen molar-refractivity contribution in [3.63, 3.8) is 0 Å². The zero-order chi connectivity index (χ0) is 13.7. The molecule has 0 radical (unpaired) electrons. The van der Waals surface area contributed by atoms with Crippen LogP contribution in [0, 0.1) is 5.82 Å². The lowest BCUT2D eigenvalue weighted by atomic mass is 10.1. The molecule has 0 bridgehead atoms. The van der Waals surface area contributed by atoms with Gasteiger partial charge in [0.1, 0.15) is 11.6 Å². The molecular weight excluding hydrogens is 271 g/mol. The fourth-order valence-electron chi connectivity index (χ4n) is 1.96. The second-order valence-corrected chi connectivity index (χ2v) is 4.88. The highest BCUT2D eigenvalue weighted by Gasteiger charge is 2.15. The summed E-state index contributed by atoms with van der Waals surface area (Å²) in [4.78, 5) is 11.7. The zero-order valence-electron chi connectivity index (χ0n) is 10.4. The molecule has 0 aliphatic carbocycles. The molecule has 2 rings (SSSR count). The van der Waals surface area contributed by atoms with E-state index in [0.29, 0.717) is 5.75 Å². The van der Waals surface area contributed by atoms with Crippen molar-refractivity contribution in [2.75, 3.05) is 19.7 Å². The predicted molar refractivity (Wildman–Crippen MR) is 70.9 cm³/mol. The number of benzene rings is 1. The smallest absolute Gasteiger partial charge is 0.258 e. The van der Waals surface area contributed by atoms with Crippen LogP contribution in [0.1, 0.15) is 12.8 Å². The van der Waals surface area contributed by atoms with Gasteiger partial charge < -0.3 is 15.4 Å². The van der Waals surface area contributed by atoms with Crippen LogP contribution < -0.4 is 15.4 Å². The van der Waals surface area contributed by atoms with Crippen molar-refractivity contribution >= 4 is 17.5 Å². The molecule has 0 saturated carbocycles. The van der Waals surface area contributed by atoms with Gasteiger partial charge in [-0.2, -0.15) is 0 Å². The Labute approximate surface area is 116 Å². The quantitative estimate of drug-likeness (QED) is 0.886. The van der Waals surface area contributed by atoms with E-state index in [9.17, 15) is 9.18 Å². The van der Waals surface area contributed by atoms with Crippen LogP contribution in [0.5, 0.6) is 5.75 Å². The molecular formula is C13H16ClFN2O2. The molecule has 1 heterocycles. The monoisotopic (exact) mass is 286 g/mol. The number of hydrogen-bond acceptors (Lipinski definition) is 3. The molecule has 1 atom stereocenters.